The number of aryl methyl sites for hydroxylation is 5. The number of aromatic nitrogens is 17. The molecule has 0 unspecified atom stereocenters. The van der Waals surface area contributed by atoms with Gasteiger partial charge in [-0.25, -0.2) is 14.6 Å². The van der Waals surface area contributed by atoms with Gasteiger partial charge in [0.25, 0.3) is 0 Å². The van der Waals surface area contributed by atoms with Gasteiger partial charge >= 0.3 is 0 Å². The van der Waals surface area contributed by atoms with Gasteiger partial charge in [-0.05, 0) is 143 Å². The third-order valence-corrected chi connectivity index (χ3v) is 20.4. The van der Waals surface area contributed by atoms with Crippen LogP contribution in [-0.2, 0) is 67.6 Å². The van der Waals surface area contributed by atoms with Crippen LogP contribution in [0.25, 0.3) is 0 Å². The van der Waals surface area contributed by atoms with Crippen LogP contribution in [0.3, 0.4) is 0 Å². The maximum absolute atomic E-state index is 11.8. The summed E-state index contributed by atoms with van der Waals surface area (Å²) in [5, 5.41) is 26.3. The van der Waals surface area contributed by atoms with Crippen LogP contribution in [0.5, 0.6) is 0 Å². The number of nitrogens with one attached hydrogen (secondary N) is 5. The van der Waals surface area contributed by atoms with Crippen molar-refractivity contribution >= 4 is 17.3 Å². The monoisotopic (exact) mass is 1870 g/mol. The zero-order chi connectivity index (χ0) is 105. The summed E-state index contributed by atoms with van der Waals surface area (Å²) in [6, 6.07) is 36.1. The van der Waals surface area contributed by atoms with E-state index in [9.17, 15) is 14.4 Å². The van der Waals surface area contributed by atoms with E-state index >= 15 is 0 Å². The quantitative estimate of drug-likeness (QED) is 0.103. The Balaban J connectivity index is 0.00000145. The number of carbonyl (C=O) groups excluding carboxylic acids is 3. The average molecular weight is 1870 g/mol. The van der Waals surface area contributed by atoms with E-state index in [1.165, 1.54) is 68.9 Å². The second-order valence-electron chi connectivity index (χ2n) is 47.8. The highest BCUT2D eigenvalue weighted by Gasteiger charge is 2.29. The zero-order valence-corrected chi connectivity index (χ0v) is 93.8. The predicted octanol–water partition coefficient (Wildman–Crippen LogP) is 29.0. The number of pyridine rings is 1. The van der Waals surface area contributed by atoms with Gasteiger partial charge in [0, 0.05) is 158 Å². The van der Waals surface area contributed by atoms with E-state index in [2.05, 4.69) is 388 Å². The van der Waals surface area contributed by atoms with E-state index in [-0.39, 0.29) is 71.1 Å². The molecule has 2 aromatic carbocycles. The third kappa shape index (κ3) is 51.4. The number of benzene rings is 2. The summed E-state index contributed by atoms with van der Waals surface area (Å²) >= 11 is 0. The molecule has 1 aliphatic carbocycles. The number of aromatic amines is 5. The first-order valence-corrected chi connectivity index (χ1v) is 48.3. The number of Topliss-reactive ketones (excluding diaryl/α,β-unsaturated/α-hetero) is 3. The van der Waals surface area contributed by atoms with Crippen molar-refractivity contribution in [3.63, 3.8) is 0 Å². The Morgan fingerprint density at radius 3 is 1.29 bits per heavy atom. The van der Waals surface area contributed by atoms with E-state index in [0.29, 0.717) is 22.4 Å². The summed E-state index contributed by atoms with van der Waals surface area (Å²) < 4.78 is 6.42. The Morgan fingerprint density at radius 2 is 1.01 bits per heavy atom. The number of hydrogen-bond donors (Lipinski definition) is 5. The molecule has 0 spiro atoms. The smallest absolute Gasteiger partial charge is 0.206 e. The minimum absolute atomic E-state index is 0.00819. The summed E-state index contributed by atoms with van der Waals surface area (Å²) in [5.41, 5.74) is 16.9. The van der Waals surface area contributed by atoms with Gasteiger partial charge in [0.05, 0.1) is 31.6 Å². The van der Waals surface area contributed by atoms with Crippen molar-refractivity contribution in [1.82, 2.24) is 90.3 Å². The molecule has 13 rings (SSSR count). The fourth-order valence-corrected chi connectivity index (χ4v) is 12.0. The lowest BCUT2D eigenvalue weighted by atomic mass is 9.82. The standard InChI is InChI=1S/C11H18O.C11H14O.C10H17N.C10H15N.C10H14.C9H15N.C8H14N2.C8H11NO2.2C8H13N.C7H12N2.2C6H12N4.C2H6/c2*1-11(2,3)10(12)9-7-5-4-6-8-9;1-10(2,3)9-6-5-7-11(4)8-9;1-8-6-5-7-9(11-8)10(2,3)4;1-10(2,3)9-7-5-4-6-8-9;1-7-5-8(10-6-7)9(2,3)4;1-6-7(8(2,3)4)10-5-9-6;1-8(2,3)7(10)6-4-5-9-11-6;1-8(2,3)7-4-5-9-6-7;1-8(2,3)7-5-4-6-9-7;1-7(2,3)6-4-8-5-9-6;1-6(2,3)5-7-8-9-10(5)4;1-6(2,3)5-7-9-10(4)8-5;1-2/h7H,4-6,8H2,1-3H3;4-8H,1-3H3;5-6,8H,7H2,1-4H3;5-7H,1-4H3;4-8H,1-3H3;5-6,10H,1-4H3;5H,1-4H3,(H,9,10);4-5H,1-3H3;2*4-6,9H,1-3H3;4-5H,1-3H3,(H,8,9);2*1-4H3;1-2H3. The molecule has 5 N–H and O–H groups in total. The van der Waals surface area contributed by atoms with E-state index < -0.39 is 0 Å². The Morgan fingerprint density at radius 1 is 0.456 bits per heavy atom. The highest BCUT2D eigenvalue weighted by atomic mass is 16.5. The highest BCUT2D eigenvalue weighted by molar-refractivity contribution is 6.00. The van der Waals surface area contributed by atoms with Gasteiger partial charge in [-0.3, -0.25) is 19.4 Å². The maximum Gasteiger partial charge on any atom is 0.206 e. The lowest BCUT2D eigenvalue weighted by Gasteiger charge is -2.26. The summed E-state index contributed by atoms with van der Waals surface area (Å²) in [7, 11) is 5.72. The molecule has 10 heterocycles. The molecule has 2 aliphatic rings. The Labute approximate surface area is 824 Å². The topological polar surface area (TPSA) is 285 Å². The van der Waals surface area contributed by atoms with E-state index in [1.54, 1.807) is 30.5 Å². The second-order valence-corrected chi connectivity index (χ2v) is 47.8. The lowest BCUT2D eigenvalue weighted by Crippen LogP contribution is -2.22. The highest BCUT2D eigenvalue weighted by Crippen LogP contribution is 2.32. The van der Waals surface area contributed by atoms with Crippen LogP contribution < -0.4 is 0 Å². The van der Waals surface area contributed by atoms with Gasteiger partial charge in [0.1, 0.15) is 0 Å². The van der Waals surface area contributed by atoms with Crippen LogP contribution in [0.2, 0.25) is 0 Å². The number of tetrazole rings is 2. The first kappa shape index (κ1) is 125. The minimum atomic E-state index is -0.389. The van der Waals surface area contributed by atoms with Gasteiger partial charge in [-0.1, -0.05) is 374 Å². The van der Waals surface area contributed by atoms with Gasteiger partial charge in [-0.15, -0.1) is 15.3 Å². The molecule has 756 valence electrons. The molecule has 0 amide bonds. The van der Waals surface area contributed by atoms with Gasteiger partial charge in [-0.2, -0.15) is 4.80 Å². The second kappa shape index (κ2) is 55.6. The van der Waals surface area contributed by atoms with E-state index in [0.717, 1.165) is 59.3 Å². The van der Waals surface area contributed by atoms with Gasteiger partial charge < -0.3 is 34.3 Å². The van der Waals surface area contributed by atoms with Crippen LogP contribution in [0.4, 0.5) is 0 Å². The number of hydrogen-bond acceptors (Lipinski definition) is 15. The largest absolute Gasteiger partial charge is 0.376 e. The summed E-state index contributed by atoms with van der Waals surface area (Å²) in [5.74, 6) is 2.54. The normalized spacial score (nSPS) is 12.8. The van der Waals surface area contributed by atoms with Crippen LogP contribution in [0, 0.1) is 42.4 Å². The number of carbonyl (C=O) groups is 3. The number of ketones is 3. The zero-order valence-electron chi connectivity index (χ0n) is 93.8. The van der Waals surface area contributed by atoms with Gasteiger partial charge in [0.2, 0.25) is 11.5 Å². The van der Waals surface area contributed by atoms with Crippen LogP contribution in [0.1, 0.15) is 399 Å². The third-order valence-electron chi connectivity index (χ3n) is 20.4. The molecule has 0 bridgehead atoms. The number of allylic oxidation sites excluding steroid dienone is 4. The van der Waals surface area contributed by atoms with Crippen LogP contribution >= 0.6 is 0 Å². The maximum atomic E-state index is 11.8. The van der Waals surface area contributed by atoms with Crippen molar-refractivity contribution in [2.24, 2.45) is 35.8 Å². The fourth-order valence-electron chi connectivity index (χ4n) is 12.0. The molecule has 9 aromatic heterocycles. The summed E-state index contributed by atoms with van der Waals surface area (Å²) in [4.78, 5) is 66.7. The average Bonchev–Trinajstić information content (AvgIpc) is 1.83. The molecule has 136 heavy (non-hydrogen) atoms. The first-order chi connectivity index (χ1) is 62.0. The van der Waals surface area contributed by atoms with Crippen molar-refractivity contribution in [1.29, 1.82) is 0 Å². The summed E-state index contributed by atoms with van der Waals surface area (Å²) in [6.45, 7) is 93.6. The molecule has 0 saturated carbocycles. The van der Waals surface area contributed by atoms with Crippen LogP contribution in [0.15, 0.2) is 199 Å². The Hall–Kier alpha value is -10.8. The molecule has 11 aromatic rings. The Kier molecular flexibility index (Phi) is 51.2. The fraction of sp³-hybridized carbons (Fsp3) is 0.570. The molecular weight excluding hydrogens is 1690 g/mol. The lowest BCUT2D eigenvalue weighted by molar-refractivity contribution is -0.122. The molecule has 0 fully saturated rings. The number of H-pyrrole nitrogens is 5. The van der Waals surface area contributed by atoms with Crippen molar-refractivity contribution in [3.05, 3.63) is 274 Å². The molecule has 0 atom stereocenters. The van der Waals surface area contributed by atoms with E-state index in [4.69, 9.17) is 4.52 Å². The number of imidazole rings is 2. The van der Waals surface area contributed by atoms with Gasteiger partial charge in [0.15, 0.2) is 23.2 Å². The molecule has 0 saturated heterocycles. The predicted molar refractivity (Wildman–Crippen MR) is 573 cm³/mol. The number of nitrogens with zero attached hydrogens (tertiary/aromatic N) is 13. The number of likely N-dealkylation sites (N-methyl/N-ethyl adjacent to an activating group) is 1. The summed E-state index contributed by atoms with van der Waals surface area (Å²) in [6.07, 6.45) is 28.1. The van der Waals surface area contributed by atoms with Crippen molar-refractivity contribution in [2.75, 3.05) is 13.6 Å². The van der Waals surface area contributed by atoms with Crippen LogP contribution in [-0.4, -0.2) is 121 Å². The van der Waals surface area contributed by atoms with Crippen molar-refractivity contribution in [3.8, 4) is 0 Å². The molecule has 1 aliphatic heterocycles. The van der Waals surface area contributed by atoms with Crippen molar-refractivity contribution < 1.29 is 18.9 Å². The van der Waals surface area contributed by atoms with Crippen molar-refractivity contribution in [2.45, 2.75) is 379 Å². The SMILES string of the molecule is CC.CC(C)(C)C(=O)C1=CCCCC1.CC(C)(C)C(=O)c1ccccc1.CC(C)(C)C(=O)c1ccno1.CC(C)(C)c1cc[nH]c1.CC(C)(C)c1ccc[nH]1.CC(C)(C)c1ccccc1.CC(C)(C)c1cnc[nH]1.CN1C=C(C(C)(C)C)C=CC1.Cc1[nH]cnc1C(C)(C)C.Cc1c[nH]c(C(C)(C)C)c1.Cc1cccc(C(C)(C)C)n1.Cn1nnc(C(C)(C)C)n1.Cn1nnnc1C(C)(C)C. The minimum Gasteiger partial charge on any atom is -0.376 e. The molecule has 22 nitrogen and oxygen atoms in total. The van der Waals surface area contributed by atoms with E-state index in [1.807, 2.05) is 171 Å². The molecule has 0 radical (unpaired) electrons. The number of rotatable bonds is 3. The molecule has 22 heteroatoms. The molecular formula is C114H186N18O4. The first-order valence-electron chi connectivity index (χ1n) is 48.3. The Bertz CT molecular complexity index is 4940.